The van der Waals surface area contributed by atoms with Crippen LogP contribution < -0.4 is 10.2 Å². The van der Waals surface area contributed by atoms with Gasteiger partial charge in [-0.05, 0) is 43.2 Å². The summed E-state index contributed by atoms with van der Waals surface area (Å²) in [6.07, 6.45) is 1.58. The van der Waals surface area contributed by atoms with Gasteiger partial charge in [0, 0.05) is 24.6 Å². The van der Waals surface area contributed by atoms with Crippen LogP contribution in [0.5, 0.6) is 0 Å². The van der Waals surface area contributed by atoms with Crippen molar-refractivity contribution in [2.24, 2.45) is 17.8 Å². The Morgan fingerprint density at radius 2 is 1.97 bits per heavy atom. The summed E-state index contributed by atoms with van der Waals surface area (Å²) < 4.78 is 33.3. The third kappa shape index (κ3) is 3.78. The fourth-order valence-corrected chi connectivity index (χ4v) is 4.76. The Labute approximate surface area is 185 Å². The fourth-order valence-electron chi connectivity index (χ4n) is 4.76. The smallest absolute Gasteiger partial charge is 0.413 e. The predicted octanol–water partition coefficient (Wildman–Crippen LogP) is 5.36. The number of carbonyl (C=O) groups excluding carboxylic acids is 1. The molecule has 5 rings (SSSR count). The van der Waals surface area contributed by atoms with Crippen molar-refractivity contribution < 1.29 is 18.3 Å². The maximum atomic E-state index is 13.8. The Balaban J connectivity index is 1.60. The summed E-state index contributed by atoms with van der Waals surface area (Å²) in [7, 11) is 0. The number of rotatable bonds is 4. The van der Waals surface area contributed by atoms with E-state index in [4.69, 9.17) is 9.72 Å². The van der Waals surface area contributed by atoms with Crippen LogP contribution >= 0.6 is 0 Å². The normalized spacial score (nSPS) is 25.7. The number of anilines is 2. The molecule has 1 saturated heterocycles. The van der Waals surface area contributed by atoms with Gasteiger partial charge in [0.25, 0.3) is 6.43 Å². The highest BCUT2D eigenvalue weighted by Gasteiger charge is 2.39. The van der Waals surface area contributed by atoms with Crippen LogP contribution in [0, 0.1) is 17.8 Å². The highest BCUT2D eigenvalue weighted by molar-refractivity contribution is 5.88. The molecule has 0 radical (unpaired) electrons. The summed E-state index contributed by atoms with van der Waals surface area (Å²) in [5.74, 6) is 2.11. The van der Waals surface area contributed by atoms with Crippen LogP contribution in [-0.2, 0) is 4.74 Å². The van der Waals surface area contributed by atoms with Crippen LogP contribution in [0.2, 0.25) is 0 Å². The second kappa shape index (κ2) is 8.26. The highest BCUT2D eigenvalue weighted by atomic mass is 19.3. The first-order chi connectivity index (χ1) is 15.4. The monoisotopic (exact) mass is 443 g/mol. The molecule has 2 aliphatic heterocycles. The first kappa shape index (κ1) is 21.0. The second-order valence-electron chi connectivity index (χ2n) is 9.26. The van der Waals surface area contributed by atoms with Crippen molar-refractivity contribution in [3.8, 4) is 11.4 Å². The lowest BCUT2D eigenvalue weighted by Gasteiger charge is -2.37. The van der Waals surface area contributed by atoms with E-state index in [1.54, 1.807) is 0 Å². The van der Waals surface area contributed by atoms with Crippen molar-refractivity contribution in [1.29, 1.82) is 0 Å². The van der Waals surface area contributed by atoms with E-state index in [9.17, 15) is 13.6 Å². The molecule has 1 saturated carbocycles. The summed E-state index contributed by atoms with van der Waals surface area (Å²) in [5.41, 5.74) is 1.33. The summed E-state index contributed by atoms with van der Waals surface area (Å²) in [5, 5.41) is 2.63. The van der Waals surface area contributed by atoms with Gasteiger partial charge in [0.15, 0.2) is 0 Å². The minimum absolute atomic E-state index is 0.0930. The van der Waals surface area contributed by atoms with E-state index in [1.165, 1.54) is 18.5 Å². The van der Waals surface area contributed by atoms with Gasteiger partial charge in [-0.3, -0.25) is 5.32 Å². The molecule has 7 nitrogen and oxygen atoms in total. The molecule has 170 valence electrons. The van der Waals surface area contributed by atoms with Crippen LogP contribution in [0.3, 0.4) is 0 Å². The lowest BCUT2D eigenvalue weighted by Crippen LogP contribution is -2.39. The highest BCUT2D eigenvalue weighted by Crippen LogP contribution is 2.46. The summed E-state index contributed by atoms with van der Waals surface area (Å²) in [4.78, 5) is 27.6. The summed E-state index contributed by atoms with van der Waals surface area (Å²) in [6, 6.07) is 2.87. The molecule has 4 heterocycles. The quantitative estimate of drug-likeness (QED) is 0.685. The van der Waals surface area contributed by atoms with Crippen molar-refractivity contribution >= 4 is 17.7 Å². The summed E-state index contributed by atoms with van der Waals surface area (Å²) >= 11 is 0. The number of halogens is 2. The number of hydrogen-bond donors (Lipinski definition) is 1. The zero-order valence-corrected chi connectivity index (χ0v) is 18.2. The van der Waals surface area contributed by atoms with E-state index in [-0.39, 0.29) is 11.5 Å². The Morgan fingerprint density at radius 1 is 1.16 bits per heavy atom. The number of nitrogens with one attached hydrogen (secondary N) is 1. The molecular formula is C23H27F2N5O2. The number of aromatic nitrogens is 3. The van der Waals surface area contributed by atoms with Gasteiger partial charge in [0.2, 0.25) is 0 Å². The van der Waals surface area contributed by atoms with Gasteiger partial charge in [-0.1, -0.05) is 20.3 Å². The Kier molecular flexibility index (Phi) is 5.43. The Bertz CT molecular complexity index is 1030. The molecule has 9 heteroatoms. The van der Waals surface area contributed by atoms with Gasteiger partial charge in [-0.2, -0.15) is 0 Å². The number of ether oxygens (including phenoxy) is 1. The molecule has 3 atom stereocenters. The number of amides is 1. The van der Waals surface area contributed by atoms with Crippen LogP contribution in [-0.4, -0.2) is 34.1 Å². The number of alkyl halides is 2. The molecule has 2 aromatic heterocycles. The van der Waals surface area contributed by atoms with Gasteiger partial charge >= 0.3 is 6.09 Å². The minimum Gasteiger partial charge on any atom is -0.441 e. The molecule has 1 N–H and O–H groups in total. The molecule has 2 aromatic rings. The number of carbonyl (C=O) groups is 1. The van der Waals surface area contributed by atoms with Gasteiger partial charge < -0.3 is 9.64 Å². The number of piperidine rings is 1. The average molecular weight is 443 g/mol. The Hall–Kier alpha value is -2.84. The van der Waals surface area contributed by atoms with E-state index in [0.717, 1.165) is 38.8 Å². The number of pyridine rings is 1. The van der Waals surface area contributed by atoms with E-state index in [0.29, 0.717) is 40.4 Å². The second-order valence-corrected chi connectivity index (χ2v) is 9.26. The minimum atomic E-state index is -2.63. The maximum Gasteiger partial charge on any atom is 0.413 e. The molecule has 1 aliphatic carbocycles. The van der Waals surface area contributed by atoms with Crippen molar-refractivity contribution in [3.05, 3.63) is 29.6 Å². The molecule has 0 aromatic carbocycles. The van der Waals surface area contributed by atoms with Crippen LogP contribution in [0.4, 0.5) is 25.2 Å². The SMILES string of the molecule is CC1CCN(c2cc(C(F)F)cc(-c3ncnc4c3C(C3CCC3)OC(=O)N4)n2)C[C@@H]1C. The van der Waals surface area contributed by atoms with Crippen molar-refractivity contribution in [3.63, 3.8) is 0 Å². The van der Waals surface area contributed by atoms with Crippen molar-refractivity contribution in [2.45, 2.75) is 52.1 Å². The van der Waals surface area contributed by atoms with Gasteiger partial charge in [-0.15, -0.1) is 0 Å². The molecule has 0 bridgehead atoms. The molecule has 32 heavy (non-hydrogen) atoms. The first-order valence-corrected chi connectivity index (χ1v) is 11.3. The molecular weight excluding hydrogens is 416 g/mol. The topological polar surface area (TPSA) is 80.2 Å². The van der Waals surface area contributed by atoms with E-state index >= 15 is 0 Å². The van der Waals surface area contributed by atoms with Gasteiger partial charge in [0.1, 0.15) is 29.8 Å². The number of hydrogen-bond acceptors (Lipinski definition) is 6. The van der Waals surface area contributed by atoms with E-state index < -0.39 is 18.6 Å². The standard InChI is InChI=1S/C23H27F2N5O2/c1-12-6-7-30(10-13(12)2)17-9-15(21(24)25)8-16(28-17)19-18-20(14-4-3-5-14)32-23(31)29-22(18)27-11-26-19/h8-9,11-14,20-21H,3-7,10H2,1-2H3,(H,26,27,29,31)/t12?,13-,20?/m0/s1. The van der Waals surface area contributed by atoms with E-state index in [2.05, 4.69) is 34.0 Å². The molecule has 0 spiro atoms. The third-order valence-corrected chi connectivity index (χ3v) is 7.19. The van der Waals surface area contributed by atoms with Crippen LogP contribution in [0.1, 0.15) is 63.2 Å². The summed E-state index contributed by atoms with van der Waals surface area (Å²) in [6.45, 7) is 5.94. The molecule has 1 amide bonds. The fraction of sp³-hybridized carbons (Fsp3) is 0.565. The van der Waals surface area contributed by atoms with Gasteiger partial charge in [0.05, 0.1) is 11.3 Å². The van der Waals surface area contributed by atoms with E-state index in [1.807, 2.05) is 0 Å². The molecule has 2 fully saturated rings. The number of cyclic esters (lactones) is 1. The lowest BCUT2D eigenvalue weighted by molar-refractivity contribution is 0.0361. The molecule has 2 unspecified atom stereocenters. The number of nitrogens with zero attached hydrogens (tertiary/aromatic N) is 4. The first-order valence-electron chi connectivity index (χ1n) is 11.3. The van der Waals surface area contributed by atoms with Crippen molar-refractivity contribution in [2.75, 3.05) is 23.3 Å². The zero-order chi connectivity index (χ0) is 22.4. The zero-order valence-electron chi connectivity index (χ0n) is 18.2. The van der Waals surface area contributed by atoms with Crippen molar-refractivity contribution in [1.82, 2.24) is 15.0 Å². The van der Waals surface area contributed by atoms with Crippen LogP contribution in [0.15, 0.2) is 18.5 Å². The molecule has 3 aliphatic rings. The largest absolute Gasteiger partial charge is 0.441 e. The Morgan fingerprint density at radius 3 is 2.66 bits per heavy atom. The predicted molar refractivity (Wildman–Crippen MR) is 116 cm³/mol. The third-order valence-electron chi connectivity index (χ3n) is 7.19. The lowest BCUT2D eigenvalue weighted by atomic mass is 9.78. The number of fused-ring (bicyclic) bond motifs is 1. The van der Waals surface area contributed by atoms with Gasteiger partial charge in [-0.25, -0.2) is 28.5 Å². The van der Waals surface area contributed by atoms with Crippen LogP contribution in [0.25, 0.3) is 11.4 Å². The maximum absolute atomic E-state index is 13.8. The average Bonchev–Trinajstić information content (AvgIpc) is 2.73.